The van der Waals surface area contributed by atoms with E-state index in [-0.39, 0.29) is 17.5 Å². The van der Waals surface area contributed by atoms with Gasteiger partial charge in [0.05, 0.1) is 11.7 Å². The van der Waals surface area contributed by atoms with Crippen LogP contribution in [0.5, 0.6) is 0 Å². The second kappa shape index (κ2) is 11.0. The van der Waals surface area contributed by atoms with E-state index in [1.54, 1.807) is 16.2 Å². The molecule has 0 unspecified atom stereocenters. The zero-order valence-corrected chi connectivity index (χ0v) is 21.2. The van der Waals surface area contributed by atoms with E-state index in [1.807, 2.05) is 12.1 Å². The molecule has 2 aliphatic rings. The Hall–Kier alpha value is -3.51. The summed E-state index contributed by atoms with van der Waals surface area (Å²) < 4.78 is 0. The molecule has 3 heterocycles. The first-order chi connectivity index (χ1) is 17.6. The summed E-state index contributed by atoms with van der Waals surface area (Å²) in [5.41, 5.74) is 3.70. The van der Waals surface area contributed by atoms with Crippen molar-refractivity contribution in [3.8, 4) is 6.07 Å². The first-order valence-corrected chi connectivity index (χ1v) is 13.1. The molecule has 0 radical (unpaired) electrons. The number of carbonyl (C=O) groups excluding carboxylic acids is 1. The number of benzene rings is 2. The van der Waals surface area contributed by atoms with Crippen LogP contribution >= 0.6 is 11.3 Å². The third-order valence-corrected chi connectivity index (χ3v) is 7.82. The predicted octanol–water partition coefficient (Wildman–Crippen LogP) is 3.88. The molecule has 0 saturated carbocycles. The van der Waals surface area contributed by atoms with Crippen molar-refractivity contribution in [1.82, 2.24) is 19.7 Å². The Labute approximate surface area is 216 Å². The summed E-state index contributed by atoms with van der Waals surface area (Å²) in [7, 11) is 2.10. The van der Waals surface area contributed by atoms with Crippen molar-refractivity contribution in [1.29, 1.82) is 5.26 Å². The van der Waals surface area contributed by atoms with Gasteiger partial charge in [0.15, 0.2) is 5.13 Å². The molecule has 1 saturated heterocycles. The molecule has 2 aliphatic heterocycles. The van der Waals surface area contributed by atoms with Crippen molar-refractivity contribution in [2.45, 2.75) is 19.0 Å². The van der Waals surface area contributed by atoms with Gasteiger partial charge in [-0.3, -0.25) is 9.69 Å². The Bertz CT molecular complexity index is 1220. The van der Waals surface area contributed by atoms with Crippen LogP contribution in [0.3, 0.4) is 0 Å². The fraction of sp³-hybridized carbons (Fsp3) is 0.321. The molecule has 3 aromatic rings. The third kappa shape index (κ3) is 5.34. The molecule has 0 bridgehead atoms. The maximum atomic E-state index is 13.2. The summed E-state index contributed by atoms with van der Waals surface area (Å²) in [4.78, 5) is 25.5. The lowest BCUT2D eigenvalue weighted by atomic mass is 9.96. The van der Waals surface area contributed by atoms with Crippen LogP contribution < -0.4 is 5.32 Å². The van der Waals surface area contributed by atoms with Gasteiger partial charge >= 0.3 is 0 Å². The Balaban J connectivity index is 1.25. The van der Waals surface area contributed by atoms with Gasteiger partial charge in [0, 0.05) is 56.8 Å². The van der Waals surface area contributed by atoms with Crippen LogP contribution in [0.15, 0.2) is 72.4 Å². The fourth-order valence-electron chi connectivity index (χ4n) is 4.90. The summed E-state index contributed by atoms with van der Waals surface area (Å²) in [6, 6.07) is 23.2. The number of nitrogens with zero attached hydrogens (tertiary/aromatic N) is 5. The van der Waals surface area contributed by atoms with Crippen molar-refractivity contribution in [3.05, 3.63) is 94.1 Å². The second-order valence-corrected chi connectivity index (χ2v) is 10.3. The topological polar surface area (TPSA) is 75.5 Å². The van der Waals surface area contributed by atoms with Gasteiger partial charge in [0.2, 0.25) is 0 Å². The summed E-state index contributed by atoms with van der Waals surface area (Å²) in [6.07, 6.45) is 2.44. The predicted molar refractivity (Wildman–Crippen MR) is 142 cm³/mol. The Kier molecular flexibility index (Phi) is 7.42. The van der Waals surface area contributed by atoms with Crippen LogP contribution in [0, 0.1) is 11.3 Å². The molecular weight excluding hydrogens is 468 g/mol. The van der Waals surface area contributed by atoms with Gasteiger partial charge in [-0.1, -0.05) is 60.7 Å². The average molecular weight is 499 g/mol. The molecule has 0 spiro atoms. The molecule has 1 amide bonds. The standard InChI is InChI=1S/C28H30N6OS/c1-32-13-12-24-25(20-32)36-28(31-24)30-19-23(18-29)27(35)34-16-14-33(15-17-34)26(21-8-4-2-5-9-21)22-10-6-3-7-11-22/h2-11,19,26H,12-17,20H2,1H3,(H,30,31)/b23-19-. The number of rotatable bonds is 6. The van der Waals surface area contributed by atoms with E-state index in [1.165, 1.54) is 22.2 Å². The number of piperazine rings is 1. The van der Waals surface area contributed by atoms with E-state index in [4.69, 9.17) is 0 Å². The monoisotopic (exact) mass is 498 g/mol. The van der Waals surface area contributed by atoms with Crippen molar-refractivity contribution in [2.75, 3.05) is 45.1 Å². The maximum absolute atomic E-state index is 13.2. The number of nitrogens with one attached hydrogen (secondary N) is 1. The smallest absolute Gasteiger partial charge is 0.266 e. The van der Waals surface area contributed by atoms with Crippen LogP contribution in [0.1, 0.15) is 27.7 Å². The zero-order chi connectivity index (χ0) is 24.9. The highest BCUT2D eigenvalue weighted by Gasteiger charge is 2.29. The minimum Gasteiger partial charge on any atom is -0.337 e. The van der Waals surface area contributed by atoms with E-state index >= 15 is 0 Å². The van der Waals surface area contributed by atoms with E-state index in [9.17, 15) is 10.1 Å². The van der Waals surface area contributed by atoms with E-state index in [0.29, 0.717) is 13.1 Å². The molecule has 0 aliphatic carbocycles. The molecule has 1 fully saturated rings. The molecule has 2 aromatic carbocycles. The highest BCUT2D eigenvalue weighted by atomic mass is 32.1. The maximum Gasteiger partial charge on any atom is 0.266 e. The number of fused-ring (bicyclic) bond motifs is 1. The minimum absolute atomic E-state index is 0.108. The van der Waals surface area contributed by atoms with Gasteiger partial charge in [-0.05, 0) is 18.2 Å². The Morgan fingerprint density at radius 3 is 2.28 bits per heavy atom. The van der Waals surface area contributed by atoms with Crippen molar-refractivity contribution < 1.29 is 4.79 Å². The van der Waals surface area contributed by atoms with Crippen molar-refractivity contribution in [2.24, 2.45) is 0 Å². The van der Waals surface area contributed by atoms with Crippen LogP contribution in [-0.4, -0.2) is 65.4 Å². The highest BCUT2D eigenvalue weighted by molar-refractivity contribution is 7.15. The summed E-state index contributed by atoms with van der Waals surface area (Å²) in [5, 5.41) is 13.5. The first-order valence-electron chi connectivity index (χ1n) is 12.3. The quantitative estimate of drug-likeness (QED) is 0.411. The van der Waals surface area contributed by atoms with Gasteiger partial charge < -0.3 is 15.1 Å². The molecule has 0 atom stereocenters. The molecule has 36 heavy (non-hydrogen) atoms. The molecular formula is C28H30N6OS. The van der Waals surface area contributed by atoms with Gasteiger partial charge in [-0.25, -0.2) is 4.98 Å². The molecule has 1 N–H and O–H groups in total. The number of nitriles is 1. The number of anilines is 1. The number of hydrogen-bond acceptors (Lipinski definition) is 7. The second-order valence-electron chi connectivity index (χ2n) is 9.24. The normalized spacial score (nSPS) is 17.0. The van der Waals surface area contributed by atoms with Crippen LogP contribution in [0.2, 0.25) is 0 Å². The lowest BCUT2D eigenvalue weighted by Crippen LogP contribution is -2.50. The van der Waals surface area contributed by atoms with E-state index < -0.39 is 0 Å². The number of hydrogen-bond donors (Lipinski definition) is 1. The number of thiazole rings is 1. The Morgan fingerprint density at radius 2 is 1.67 bits per heavy atom. The van der Waals surface area contributed by atoms with Crippen molar-refractivity contribution >= 4 is 22.4 Å². The molecule has 1 aromatic heterocycles. The summed E-state index contributed by atoms with van der Waals surface area (Å²) in [6.45, 7) is 4.50. The van der Waals surface area contributed by atoms with Gasteiger partial charge in [0.1, 0.15) is 11.6 Å². The van der Waals surface area contributed by atoms with Crippen LogP contribution in [0.4, 0.5) is 5.13 Å². The average Bonchev–Trinajstić information content (AvgIpc) is 3.32. The number of amides is 1. The first kappa shape index (κ1) is 24.2. The summed E-state index contributed by atoms with van der Waals surface area (Å²) in [5.74, 6) is -0.235. The molecule has 7 nitrogen and oxygen atoms in total. The zero-order valence-electron chi connectivity index (χ0n) is 20.4. The number of carbonyl (C=O) groups is 1. The van der Waals surface area contributed by atoms with Gasteiger partial charge in [0.25, 0.3) is 5.91 Å². The highest BCUT2D eigenvalue weighted by Crippen LogP contribution is 2.30. The lowest BCUT2D eigenvalue weighted by Gasteiger charge is -2.39. The molecule has 184 valence electrons. The molecule has 8 heteroatoms. The third-order valence-electron chi connectivity index (χ3n) is 6.81. The number of aromatic nitrogens is 1. The van der Waals surface area contributed by atoms with Crippen LogP contribution in [0.25, 0.3) is 0 Å². The van der Waals surface area contributed by atoms with E-state index in [2.05, 4.69) is 81.7 Å². The van der Waals surface area contributed by atoms with E-state index in [0.717, 1.165) is 43.4 Å². The number of likely N-dealkylation sites (N-methyl/N-ethyl adjacent to an activating group) is 1. The SMILES string of the molecule is CN1CCc2nc(N/C=C(/C#N)C(=O)N3CCN(C(c4ccccc4)c4ccccc4)CC3)sc2C1. The minimum atomic E-state index is -0.235. The van der Waals surface area contributed by atoms with Crippen LogP contribution in [-0.2, 0) is 17.8 Å². The van der Waals surface area contributed by atoms with Crippen molar-refractivity contribution in [3.63, 3.8) is 0 Å². The Morgan fingerprint density at radius 1 is 1.03 bits per heavy atom. The molecule has 5 rings (SSSR count). The lowest BCUT2D eigenvalue weighted by molar-refractivity contribution is -0.128. The van der Waals surface area contributed by atoms with Gasteiger partial charge in [-0.15, -0.1) is 11.3 Å². The van der Waals surface area contributed by atoms with Gasteiger partial charge in [-0.2, -0.15) is 5.26 Å². The fourth-order valence-corrected chi connectivity index (χ4v) is 5.96. The summed E-state index contributed by atoms with van der Waals surface area (Å²) >= 11 is 1.59. The largest absolute Gasteiger partial charge is 0.337 e.